The first-order valence-electron chi connectivity index (χ1n) is 9.54. The minimum Gasteiger partial charge on any atom is -0.494 e. The lowest BCUT2D eigenvalue weighted by Gasteiger charge is -2.20. The Labute approximate surface area is 187 Å². The van der Waals surface area contributed by atoms with E-state index in [1.54, 1.807) is 24.5 Å². The molecule has 8 heteroatoms. The quantitative estimate of drug-likeness (QED) is 0.356. The number of aryl methyl sites for hydroxylation is 2. The van der Waals surface area contributed by atoms with Gasteiger partial charge in [-0.1, -0.05) is 39.4 Å². The van der Waals surface area contributed by atoms with Crippen LogP contribution in [0.15, 0.2) is 59.6 Å². The van der Waals surface area contributed by atoms with Gasteiger partial charge in [0.05, 0.1) is 18.1 Å². The summed E-state index contributed by atoms with van der Waals surface area (Å²) in [6, 6.07) is 11.4. The fourth-order valence-electron chi connectivity index (χ4n) is 3.27. The minimum absolute atomic E-state index is 0.0717. The van der Waals surface area contributed by atoms with Crippen LogP contribution in [0.1, 0.15) is 22.3 Å². The van der Waals surface area contributed by atoms with Gasteiger partial charge in [0.25, 0.3) is 5.91 Å². The summed E-state index contributed by atoms with van der Waals surface area (Å²) in [4.78, 5) is 24.1. The Balaban J connectivity index is 1.69. The molecule has 0 spiro atoms. The maximum atomic E-state index is 13.4. The summed E-state index contributed by atoms with van der Waals surface area (Å²) in [5.41, 5.74) is 2.52. The van der Waals surface area contributed by atoms with E-state index in [0.717, 1.165) is 33.2 Å². The summed E-state index contributed by atoms with van der Waals surface area (Å²) >= 11 is 4.98. The van der Waals surface area contributed by atoms with Crippen molar-refractivity contribution in [2.24, 2.45) is 0 Å². The van der Waals surface area contributed by atoms with E-state index in [9.17, 15) is 4.79 Å². The van der Waals surface area contributed by atoms with Gasteiger partial charge in [0.1, 0.15) is 11.3 Å². The molecule has 0 radical (unpaired) electrons. The molecular weight excluding hydrogens is 464 g/mol. The topological polar surface area (TPSA) is 60.2 Å². The molecule has 2 heterocycles. The van der Waals surface area contributed by atoms with Gasteiger partial charge in [-0.2, -0.15) is 0 Å². The number of fused-ring (bicyclic) bond motifs is 1. The van der Waals surface area contributed by atoms with Gasteiger partial charge >= 0.3 is 0 Å². The number of rotatable bonds is 7. The summed E-state index contributed by atoms with van der Waals surface area (Å²) in [6.45, 7) is 3.36. The van der Waals surface area contributed by atoms with E-state index in [-0.39, 0.29) is 5.91 Å². The Morgan fingerprint density at radius 2 is 2.17 bits per heavy atom. The molecule has 0 atom stereocenters. The fourth-order valence-corrected chi connectivity index (χ4v) is 4.75. The number of nitrogens with zero attached hydrogens (tertiary/aromatic N) is 4. The predicted molar refractivity (Wildman–Crippen MR) is 124 cm³/mol. The molecule has 30 heavy (non-hydrogen) atoms. The van der Waals surface area contributed by atoms with Crippen LogP contribution in [0.3, 0.4) is 0 Å². The number of ether oxygens (including phenoxy) is 1. The summed E-state index contributed by atoms with van der Waals surface area (Å²) in [5, 5.41) is 0.674. The molecule has 0 aliphatic heterocycles. The Kier molecular flexibility index (Phi) is 6.15. The second kappa shape index (κ2) is 8.97. The van der Waals surface area contributed by atoms with Crippen molar-refractivity contribution in [3.05, 3.63) is 70.7 Å². The van der Waals surface area contributed by atoms with Gasteiger partial charge in [-0.3, -0.25) is 9.69 Å². The molecule has 0 saturated carbocycles. The summed E-state index contributed by atoms with van der Waals surface area (Å²) in [5.74, 6) is 0.643. The van der Waals surface area contributed by atoms with Crippen LogP contribution < -0.4 is 9.64 Å². The maximum absolute atomic E-state index is 13.4. The molecule has 2 aromatic heterocycles. The van der Waals surface area contributed by atoms with Crippen molar-refractivity contribution < 1.29 is 9.53 Å². The molecule has 0 N–H and O–H groups in total. The number of halogens is 1. The van der Waals surface area contributed by atoms with Crippen molar-refractivity contribution in [3.8, 4) is 5.75 Å². The third-order valence-electron chi connectivity index (χ3n) is 4.82. The van der Waals surface area contributed by atoms with Crippen LogP contribution in [0.25, 0.3) is 10.2 Å². The van der Waals surface area contributed by atoms with E-state index in [0.29, 0.717) is 23.0 Å². The number of amides is 1. The van der Waals surface area contributed by atoms with Gasteiger partial charge in [0.15, 0.2) is 5.13 Å². The van der Waals surface area contributed by atoms with Gasteiger partial charge in [-0.05, 0) is 43.2 Å². The average molecular weight is 485 g/mol. The molecule has 0 bridgehead atoms. The smallest absolute Gasteiger partial charge is 0.260 e. The molecule has 2 aromatic carbocycles. The van der Waals surface area contributed by atoms with Gasteiger partial charge in [-0.15, -0.1) is 0 Å². The van der Waals surface area contributed by atoms with E-state index in [2.05, 4.69) is 20.9 Å². The summed E-state index contributed by atoms with van der Waals surface area (Å²) in [7, 11) is 1.64. The van der Waals surface area contributed by atoms with Crippen LogP contribution in [0.4, 0.5) is 5.13 Å². The number of hydrogen-bond acceptors (Lipinski definition) is 5. The molecule has 0 aliphatic carbocycles. The first kappa shape index (κ1) is 20.6. The fraction of sp³-hybridized carbons (Fsp3) is 0.227. The number of imidazole rings is 1. The van der Waals surface area contributed by atoms with Crippen molar-refractivity contribution in [2.75, 3.05) is 18.6 Å². The largest absolute Gasteiger partial charge is 0.494 e. The van der Waals surface area contributed by atoms with Gasteiger partial charge in [-0.25, -0.2) is 9.97 Å². The first-order valence-corrected chi connectivity index (χ1v) is 11.1. The molecule has 154 valence electrons. The molecule has 0 fully saturated rings. The van der Waals surface area contributed by atoms with E-state index in [1.165, 1.54) is 11.3 Å². The lowest BCUT2D eigenvalue weighted by atomic mass is 10.2. The number of anilines is 1. The monoisotopic (exact) mass is 484 g/mol. The van der Waals surface area contributed by atoms with E-state index in [4.69, 9.17) is 9.72 Å². The lowest BCUT2D eigenvalue weighted by molar-refractivity contribution is 0.0986. The molecular formula is C22H21BrN4O2S. The van der Waals surface area contributed by atoms with Crippen LogP contribution >= 0.6 is 27.3 Å². The predicted octanol–water partition coefficient (Wildman–Crippen LogP) is 5.31. The van der Waals surface area contributed by atoms with Gasteiger partial charge in [0.2, 0.25) is 0 Å². The zero-order valence-corrected chi connectivity index (χ0v) is 19.1. The summed E-state index contributed by atoms with van der Waals surface area (Å²) in [6.07, 6.45) is 6.24. The molecule has 0 aliphatic rings. The van der Waals surface area contributed by atoms with Gasteiger partial charge < -0.3 is 9.30 Å². The molecule has 6 nitrogen and oxygen atoms in total. The van der Waals surface area contributed by atoms with Crippen molar-refractivity contribution >= 4 is 48.5 Å². The van der Waals surface area contributed by atoms with E-state index >= 15 is 0 Å². The summed E-state index contributed by atoms with van der Waals surface area (Å²) < 4.78 is 9.40. The molecule has 4 aromatic rings. The van der Waals surface area contributed by atoms with Crippen LogP contribution in [0, 0.1) is 6.92 Å². The Hall–Kier alpha value is -2.71. The number of hydrogen-bond donors (Lipinski definition) is 0. The highest BCUT2D eigenvalue weighted by Gasteiger charge is 2.23. The Morgan fingerprint density at radius 1 is 1.30 bits per heavy atom. The highest BCUT2D eigenvalue weighted by molar-refractivity contribution is 9.10. The second-order valence-electron chi connectivity index (χ2n) is 6.88. The number of methoxy groups -OCH3 is 1. The normalized spacial score (nSPS) is 11.0. The zero-order valence-electron chi connectivity index (χ0n) is 16.7. The first-order chi connectivity index (χ1) is 14.6. The molecule has 4 rings (SSSR count). The highest BCUT2D eigenvalue weighted by Crippen LogP contribution is 2.37. The minimum atomic E-state index is -0.0717. The number of benzene rings is 2. The Morgan fingerprint density at radius 3 is 2.90 bits per heavy atom. The Bertz CT molecular complexity index is 1170. The maximum Gasteiger partial charge on any atom is 0.260 e. The van der Waals surface area contributed by atoms with Crippen molar-refractivity contribution in [1.29, 1.82) is 0 Å². The standard InChI is InChI=1S/C22H21BrN4O2S/c1-15-7-8-18(29-2)19-20(15)30-22(25-19)27(11-4-10-26-12-9-24-14-26)21(28)16-5-3-6-17(23)13-16/h3,5-9,12-14H,4,10-11H2,1-2H3. The van der Waals surface area contributed by atoms with E-state index < -0.39 is 0 Å². The number of carbonyl (C=O) groups excluding carboxylic acids is 1. The van der Waals surface area contributed by atoms with Crippen LogP contribution in [-0.2, 0) is 6.54 Å². The second-order valence-corrected chi connectivity index (χ2v) is 8.77. The lowest BCUT2D eigenvalue weighted by Crippen LogP contribution is -2.32. The van der Waals surface area contributed by atoms with Crippen LogP contribution in [0.5, 0.6) is 5.75 Å². The van der Waals surface area contributed by atoms with Crippen molar-refractivity contribution in [1.82, 2.24) is 14.5 Å². The molecule has 1 amide bonds. The van der Waals surface area contributed by atoms with Gasteiger partial charge in [0, 0.05) is 35.5 Å². The number of thiazole rings is 1. The molecule has 0 unspecified atom stereocenters. The van der Waals surface area contributed by atoms with Crippen LogP contribution in [-0.4, -0.2) is 34.1 Å². The highest BCUT2D eigenvalue weighted by atomic mass is 79.9. The molecule has 0 saturated heterocycles. The SMILES string of the molecule is COc1ccc(C)c2sc(N(CCCn3ccnc3)C(=O)c3cccc(Br)c3)nc12. The third kappa shape index (κ3) is 4.24. The zero-order chi connectivity index (χ0) is 21.1. The average Bonchev–Trinajstić information content (AvgIpc) is 3.42. The van der Waals surface area contributed by atoms with Crippen LogP contribution in [0.2, 0.25) is 0 Å². The third-order valence-corrected chi connectivity index (χ3v) is 6.52. The number of aromatic nitrogens is 3. The number of carbonyl (C=O) groups is 1. The van der Waals surface area contributed by atoms with Crippen molar-refractivity contribution in [2.45, 2.75) is 19.9 Å². The van der Waals surface area contributed by atoms with Crippen molar-refractivity contribution in [3.63, 3.8) is 0 Å². The van der Waals surface area contributed by atoms with E-state index in [1.807, 2.05) is 54.1 Å².